The van der Waals surface area contributed by atoms with Crippen molar-refractivity contribution in [3.8, 4) is 0 Å². The third kappa shape index (κ3) is 4.49. The molecule has 0 aliphatic rings. The van der Waals surface area contributed by atoms with Gasteiger partial charge in [-0.15, -0.1) is 0 Å². The number of hydrogen-bond donors (Lipinski definition) is 4. The zero-order valence-electron chi connectivity index (χ0n) is 5.71. The van der Waals surface area contributed by atoms with Crippen LogP contribution in [0, 0.1) is 0 Å². The van der Waals surface area contributed by atoms with Gasteiger partial charge in [-0.05, 0) is 6.08 Å². The largest absolute Gasteiger partial charge is 0.478 e. The monoisotopic (exact) mass is 162 g/mol. The van der Waals surface area contributed by atoms with Crippen molar-refractivity contribution in [3.63, 3.8) is 0 Å². The Hall–Kier alpha value is -0.910. The first-order chi connectivity index (χ1) is 5.07. The minimum absolute atomic E-state index is 0.606. The molecule has 5 heteroatoms. The van der Waals surface area contributed by atoms with E-state index in [1.165, 1.54) is 0 Å². The van der Waals surface area contributed by atoms with E-state index in [0.717, 1.165) is 6.08 Å². The molecule has 0 fully saturated rings. The lowest BCUT2D eigenvalue weighted by molar-refractivity contribution is -0.131. The number of rotatable bonds is 4. The van der Waals surface area contributed by atoms with Gasteiger partial charge in [0.1, 0.15) is 12.2 Å². The second-order valence-corrected chi connectivity index (χ2v) is 1.94. The van der Waals surface area contributed by atoms with Gasteiger partial charge in [0.15, 0.2) is 0 Å². The molecule has 64 valence electrons. The summed E-state index contributed by atoms with van der Waals surface area (Å²) in [5.74, 6) is -1.21. The summed E-state index contributed by atoms with van der Waals surface area (Å²) in [4.78, 5) is 9.87. The molecule has 0 saturated carbocycles. The fraction of sp³-hybridized carbons (Fsp3) is 0.500. The summed E-state index contributed by atoms with van der Waals surface area (Å²) in [6.07, 6.45) is -1.08. The van der Waals surface area contributed by atoms with Crippen LogP contribution < -0.4 is 0 Å². The van der Waals surface area contributed by atoms with E-state index in [1.807, 2.05) is 0 Å². The van der Waals surface area contributed by atoms with Gasteiger partial charge in [0.05, 0.1) is 6.61 Å². The van der Waals surface area contributed by atoms with Gasteiger partial charge in [-0.2, -0.15) is 0 Å². The van der Waals surface area contributed by atoms with Crippen LogP contribution in [0.5, 0.6) is 0 Å². The summed E-state index contributed by atoms with van der Waals surface area (Å²) < 4.78 is 0. The van der Waals surface area contributed by atoms with Crippen LogP contribution in [0.15, 0.2) is 12.2 Å². The standard InChI is InChI=1S/C6H10O5/c7-3-5(9)4(8)1-2-6(10)11/h1-2,4-5,7-9H,3H2,(H,10,11)/b2-1-. The molecule has 0 aromatic heterocycles. The SMILES string of the molecule is O=C(O)/C=C\C(O)C(O)CO. The highest BCUT2D eigenvalue weighted by Gasteiger charge is 2.11. The zero-order valence-corrected chi connectivity index (χ0v) is 5.71. The van der Waals surface area contributed by atoms with Crippen molar-refractivity contribution in [1.29, 1.82) is 0 Å². The number of carboxylic acids is 1. The van der Waals surface area contributed by atoms with E-state index >= 15 is 0 Å². The topological polar surface area (TPSA) is 98.0 Å². The molecule has 4 N–H and O–H groups in total. The van der Waals surface area contributed by atoms with Crippen LogP contribution in [0.25, 0.3) is 0 Å². The van der Waals surface area contributed by atoms with Crippen LogP contribution in [-0.2, 0) is 4.79 Å². The molecule has 0 aromatic carbocycles. The van der Waals surface area contributed by atoms with E-state index in [1.54, 1.807) is 0 Å². The highest BCUT2D eigenvalue weighted by Crippen LogP contribution is 1.93. The molecule has 2 atom stereocenters. The highest BCUT2D eigenvalue weighted by atomic mass is 16.4. The van der Waals surface area contributed by atoms with Gasteiger partial charge >= 0.3 is 5.97 Å². The van der Waals surface area contributed by atoms with Crippen LogP contribution in [0.2, 0.25) is 0 Å². The number of aliphatic carboxylic acids is 1. The minimum Gasteiger partial charge on any atom is -0.478 e. The summed E-state index contributed by atoms with van der Waals surface area (Å²) in [7, 11) is 0. The molecule has 0 aromatic rings. The van der Waals surface area contributed by atoms with E-state index < -0.39 is 24.8 Å². The predicted octanol–water partition coefficient (Wildman–Crippen LogP) is -1.66. The van der Waals surface area contributed by atoms with Crippen LogP contribution in [0.1, 0.15) is 0 Å². The van der Waals surface area contributed by atoms with E-state index in [0.29, 0.717) is 6.08 Å². The zero-order chi connectivity index (χ0) is 8.85. The van der Waals surface area contributed by atoms with E-state index in [4.69, 9.17) is 20.4 Å². The van der Waals surface area contributed by atoms with Crippen molar-refractivity contribution in [3.05, 3.63) is 12.2 Å². The lowest BCUT2D eigenvalue weighted by atomic mass is 10.2. The van der Waals surface area contributed by atoms with Gasteiger partial charge in [0, 0.05) is 6.08 Å². The molecule has 11 heavy (non-hydrogen) atoms. The second kappa shape index (κ2) is 4.84. The molecule has 2 unspecified atom stereocenters. The van der Waals surface area contributed by atoms with E-state index in [2.05, 4.69) is 0 Å². The number of hydrogen-bond acceptors (Lipinski definition) is 4. The van der Waals surface area contributed by atoms with Crippen molar-refractivity contribution in [2.45, 2.75) is 12.2 Å². The fourth-order valence-electron chi connectivity index (χ4n) is 0.417. The molecule has 0 aliphatic carbocycles. The van der Waals surface area contributed by atoms with Crippen molar-refractivity contribution in [2.75, 3.05) is 6.61 Å². The summed E-state index contributed by atoms with van der Waals surface area (Å²) in [5.41, 5.74) is 0. The normalized spacial score (nSPS) is 16.6. The molecule has 0 amide bonds. The lowest BCUT2D eigenvalue weighted by Gasteiger charge is -2.09. The number of carboxylic acid groups (broad SMARTS) is 1. The Bertz CT molecular complexity index is 153. The molecular weight excluding hydrogens is 152 g/mol. The maximum absolute atomic E-state index is 9.87. The lowest BCUT2D eigenvalue weighted by Crippen LogP contribution is -2.27. The highest BCUT2D eigenvalue weighted by molar-refractivity contribution is 5.79. The van der Waals surface area contributed by atoms with Crippen LogP contribution >= 0.6 is 0 Å². The van der Waals surface area contributed by atoms with Gasteiger partial charge in [-0.25, -0.2) is 4.79 Å². The Morgan fingerprint density at radius 2 is 2.00 bits per heavy atom. The predicted molar refractivity (Wildman–Crippen MR) is 35.9 cm³/mol. The molecular formula is C6H10O5. The van der Waals surface area contributed by atoms with E-state index in [9.17, 15) is 4.79 Å². The Balaban J connectivity index is 3.85. The molecule has 0 rings (SSSR count). The Morgan fingerprint density at radius 1 is 1.45 bits per heavy atom. The summed E-state index contributed by atoms with van der Waals surface area (Å²) in [6.45, 7) is -0.606. The minimum atomic E-state index is -1.34. The van der Waals surface area contributed by atoms with Crippen LogP contribution in [0.3, 0.4) is 0 Å². The van der Waals surface area contributed by atoms with Gasteiger partial charge in [0.25, 0.3) is 0 Å². The third-order valence-corrected chi connectivity index (χ3v) is 1.02. The summed E-state index contributed by atoms with van der Waals surface area (Å²) in [6, 6.07) is 0. The molecule has 0 spiro atoms. The first-order valence-electron chi connectivity index (χ1n) is 2.96. The van der Waals surface area contributed by atoms with Crippen molar-refractivity contribution >= 4 is 5.97 Å². The van der Waals surface area contributed by atoms with Crippen molar-refractivity contribution < 1.29 is 25.2 Å². The first-order valence-corrected chi connectivity index (χ1v) is 2.96. The second-order valence-electron chi connectivity index (χ2n) is 1.94. The molecule has 0 saturated heterocycles. The van der Waals surface area contributed by atoms with Gasteiger partial charge < -0.3 is 20.4 Å². The van der Waals surface area contributed by atoms with Crippen molar-refractivity contribution in [1.82, 2.24) is 0 Å². The smallest absolute Gasteiger partial charge is 0.328 e. The van der Waals surface area contributed by atoms with Gasteiger partial charge in [-0.1, -0.05) is 0 Å². The summed E-state index contributed by atoms with van der Waals surface area (Å²) in [5, 5.41) is 33.9. The number of aliphatic hydroxyl groups excluding tert-OH is 3. The fourth-order valence-corrected chi connectivity index (χ4v) is 0.417. The van der Waals surface area contributed by atoms with Crippen molar-refractivity contribution in [2.24, 2.45) is 0 Å². The molecule has 0 radical (unpaired) electrons. The third-order valence-electron chi connectivity index (χ3n) is 1.02. The molecule has 0 heterocycles. The van der Waals surface area contributed by atoms with E-state index in [-0.39, 0.29) is 0 Å². The maximum atomic E-state index is 9.87. The number of carbonyl (C=O) groups is 1. The molecule has 0 bridgehead atoms. The summed E-state index contributed by atoms with van der Waals surface area (Å²) >= 11 is 0. The van der Waals surface area contributed by atoms with Crippen LogP contribution in [-0.4, -0.2) is 45.2 Å². The van der Waals surface area contributed by atoms with Gasteiger partial charge in [0.2, 0.25) is 0 Å². The van der Waals surface area contributed by atoms with Gasteiger partial charge in [-0.3, -0.25) is 0 Å². The van der Waals surface area contributed by atoms with Crippen LogP contribution in [0.4, 0.5) is 0 Å². The Kier molecular flexibility index (Phi) is 4.44. The average Bonchev–Trinajstić information content (AvgIpc) is 1.98. The Labute approximate surface area is 63.2 Å². The average molecular weight is 162 g/mol. The first kappa shape index (κ1) is 10.1. The molecule has 5 nitrogen and oxygen atoms in total. The quantitative estimate of drug-likeness (QED) is 0.371. The Morgan fingerprint density at radius 3 is 2.36 bits per heavy atom. The maximum Gasteiger partial charge on any atom is 0.328 e. The number of aliphatic hydroxyl groups is 3. The molecule has 0 aliphatic heterocycles.